The smallest absolute Gasteiger partial charge is 0.208 e. The summed E-state index contributed by atoms with van der Waals surface area (Å²) in [5.41, 5.74) is 6.56. The molecule has 0 bridgehead atoms. The van der Waals surface area contributed by atoms with Gasteiger partial charge in [-0.15, -0.1) is 0 Å². The van der Waals surface area contributed by atoms with Crippen molar-refractivity contribution in [3.63, 3.8) is 0 Å². The van der Waals surface area contributed by atoms with E-state index in [0.717, 1.165) is 0 Å². The molecule has 1 fully saturated rings. The monoisotopic (exact) mass is 370 g/mol. The molecule has 134 valence electrons. The average molecular weight is 370 g/mol. The molecule has 0 aliphatic carbocycles. The number of pyridine rings is 1. The maximum Gasteiger partial charge on any atom is 0.208 e. The van der Waals surface area contributed by atoms with Crippen LogP contribution in [0.2, 0.25) is 0 Å². The number of benzene rings is 2. The van der Waals surface area contributed by atoms with E-state index in [1.807, 2.05) is 6.07 Å². The average Bonchev–Trinajstić information content (AvgIpc) is 3.07. The molecule has 26 heavy (non-hydrogen) atoms. The number of nitrogens with two attached hydrogens (primary N) is 1. The van der Waals surface area contributed by atoms with E-state index in [-0.39, 0.29) is 21.9 Å². The van der Waals surface area contributed by atoms with Crippen molar-refractivity contribution < 1.29 is 17.9 Å². The third kappa shape index (κ3) is 3.05. The topological polar surface area (TPSA) is 91.5 Å². The van der Waals surface area contributed by atoms with Crippen LogP contribution in [-0.2, 0) is 14.6 Å². The maximum absolute atomic E-state index is 12.8. The van der Waals surface area contributed by atoms with E-state index in [1.165, 1.54) is 6.20 Å². The Morgan fingerprint density at radius 1 is 1.04 bits per heavy atom. The fourth-order valence-corrected chi connectivity index (χ4v) is 4.19. The second kappa shape index (κ2) is 6.68. The van der Waals surface area contributed by atoms with Gasteiger partial charge in [-0.2, -0.15) is 0 Å². The Morgan fingerprint density at radius 2 is 1.85 bits per heavy atom. The van der Waals surface area contributed by atoms with Crippen LogP contribution in [-0.4, -0.2) is 38.8 Å². The predicted molar refractivity (Wildman–Crippen MR) is 96.8 cm³/mol. The predicted octanol–water partition coefficient (Wildman–Crippen LogP) is 2.17. The molecule has 7 heteroatoms. The van der Waals surface area contributed by atoms with Gasteiger partial charge in [-0.3, -0.25) is 4.98 Å². The summed E-state index contributed by atoms with van der Waals surface area (Å²) < 4.78 is 36.8. The zero-order valence-corrected chi connectivity index (χ0v) is 14.7. The van der Waals surface area contributed by atoms with Crippen LogP contribution in [0.5, 0.6) is 5.75 Å². The zero-order valence-electron chi connectivity index (χ0n) is 13.9. The van der Waals surface area contributed by atoms with Gasteiger partial charge < -0.3 is 15.2 Å². The van der Waals surface area contributed by atoms with Crippen molar-refractivity contribution >= 4 is 20.7 Å². The molecule has 1 aliphatic rings. The molecule has 2 aromatic carbocycles. The number of para-hydroxylation sites is 1. The SMILES string of the molecule is NC1COCC1Oc1cccc2cc(S(=O)(=O)c3ccccc3)cnc12. The van der Waals surface area contributed by atoms with E-state index in [1.54, 1.807) is 48.5 Å². The van der Waals surface area contributed by atoms with Crippen molar-refractivity contribution in [2.24, 2.45) is 5.73 Å². The molecule has 0 spiro atoms. The highest BCUT2D eigenvalue weighted by Gasteiger charge is 2.27. The normalized spacial score (nSPS) is 20.3. The van der Waals surface area contributed by atoms with Gasteiger partial charge in [-0.05, 0) is 24.3 Å². The second-order valence-electron chi connectivity index (χ2n) is 6.17. The van der Waals surface area contributed by atoms with Gasteiger partial charge in [0.15, 0.2) is 0 Å². The molecule has 3 aromatic rings. The lowest BCUT2D eigenvalue weighted by molar-refractivity contribution is 0.141. The fourth-order valence-electron chi connectivity index (χ4n) is 2.93. The van der Waals surface area contributed by atoms with Crippen LogP contribution in [0.15, 0.2) is 70.6 Å². The summed E-state index contributed by atoms with van der Waals surface area (Å²) in [5, 5.41) is 0.687. The number of aromatic nitrogens is 1. The highest BCUT2D eigenvalue weighted by Crippen LogP contribution is 2.29. The summed E-state index contributed by atoms with van der Waals surface area (Å²) in [6, 6.07) is 15.1. The molecular formula is C19H18N2O4S. The summed E-state index contributed by atoms with van der Waals surface area (Å²) in [7, 11) is -3.62. The highest BCUT2D eigenvalue weighted by molar-refractivity contribution is 7.91. The molecule has 0 radical (unpaired) electrons. The zero-order chi connectivity index (χ0) is 18.1. The molecule has 4 rings (SSSR count). The van der Waals surface area contributed by atoms with Gasteiger partial charge in [0.05, 0.1) is 29.0 Å². The molecule has 2 atom stereocenters. The number of ether oxygens (including phenoxy) is 2. The summed E-state index contributed by atoms with van der Waals surface area (Å²) in [6.45, 7) is 0.889. The first-order valence-corrected chi connectivity index (χ1v) is 9.73. The Morgan fingerprint density at radius 3 is 2.58 bits per heavy atom. The lowest BCUT2D eigenvalue weighted by Crippen LogP contribution is -2.37. The second-order valence-corrected chi connectivity index (χ2v) is 8.12. The minimum atomic E-state index is -3.62. The lowest BCUT2D eigenvalue weighted by atomic mass is 10.2. The van der Waals surface area contributed by atoms with E-state index in [4.69, 9.17) is 15.2 Å². The van der Waals surface area contributed by atoms with Crippen molar-refractivity contribution in [3.05, 3.63) is 60.8 Å². The summed E-state index contributed by atoms with van der Waals surface area (Å²) in [5.74, 6) is 0.567. The van der Waals surface area contributed by atoms with Crippen LogP contribution in [0, 0.1) is 0 Å². The van der Waals surface area contributed by atoms with Crippen LogP contribution in [0.4, 0.5) is 0 Å². The molecule has 2 heterocycles. The first kappa shape index (κ1) is 17.0. The third-order valence-corrected chi connectivity index (χ3v) is 6.10. The van der Waals surface area contributed by atoms with Crippen LogP contribution in [0.25, 0.3) is 10.9 Å². The van der Waals surface area contributed by atoms with Crippen molar-refractivity contribution in [3.8, 4) is 5.75 Å². The lowest BCUT2D eigenvalue weighted by Gasteiger charge is -2.17. The number of hydrogen-bond donors (Lipinski definition) is 1. The van der Waals surface area contributed by atoms with Crippen LogP contribution in [0.3, 0.4) is 0 Å². The van der Waals surface area contributed by atoms with E-state index in [2.05, 4.69) is 4.98 Å². The van der Waals surface area contributed by atoms with Gasteiger partial charge in [0.2, 0.25) is 9.84 Å². The van der Waals surface area contributed by atoms with Gasteiger partial charge in [0.1, 0.15) is 17.4 Å². The molecule has 2 unspecified atom stereocenters. The fraction of sp³-hybridized carbons (Fsp3) is 0.211. The molecule has 1 aromatic heterocycles. The van der Waals surface area contributed by atoms with E-state index in [0.29, 0.717) is 29.9 Å². The molecule has 1 aliphatic heterocycles. The number of hydrogen-bond acceptors (Lipinski definition) is 6. The minimum absolute atomic E-state index is 0.147. The first-order valence-electron chi connectivity index (χ1n) is 8.24. The van der Waals surface area contributed by atoms with E-state index >= 15 is 0 Å². The number of rotatable bonds is 4. The van der Waals surface area contributed by atoms with Gasteiger partial charge in [0, 0.05) is 11.6 Å². The summed E-state index contributed by atoms with van der Waals surface area (Å²) in [6.07, 6.45) is 1.12. The molecule has 2 N–H and O–H groups in total. The molecule has 1 saturated heterocycles. The standard InChI is InChI=1S/C19H18N2O4S/c20-16-11-24-12-18(16)25-17-8-4-5-13-9-15(10-21-19(13)17)26(22,23)14-6-2-1-3-7-14/h1-10,16,18H,11-12,20H2. The largest absolute Gasteiger partial charge is 0.484 e. The van der Waals surface area contributed by atoms with Crippen LogP contribution in [0.1, 0.15) is 0 Å². The van der Waals surface area contributed by atoms with Crippen LogP contribution < -0.4 is 10.5 Å². The molecule has 0 amide bonds. The van der Waals surface area contributed by atoms with Gasteiger partial charge in [-0.1, -0.05) is 30.3 Å². The number of nitrogens with zero attached hydrogens (tertiary/aromatic N) is 1. The van der Waals surface area contributed by atoms with E-state index in [9.17, 15) is 8.42 Å². The van der Waals surface area contributed by atoms with Crippen molar-refractivity contribution in [1.29, 1.82) is 0 Å². The summed E-state index contributed by atoms with van der Waals surface area (Å²) in [4.78, 5) is 4.74. The first-order chi connectivity index (χ1) is 12.6. The Labute approximate surface area is 151 Å². The molecule has 6 nitrogen and oxygen atoms in total. The maximum atomic E-state index is 12.8. The highest BCUT2D eigenvalue weighted by atomic mass is 32.2. The Balaban J connectivity index is 1.73. The third-order valence-electron chi connectivity index (χ3n) is 4.36. The quantitative estimate of drug-likeness (QED) is 0.757. The van der Waals surface area contributed by atoms with Crippen molar-refractivity contribution in [2.45, 2.75) is 21.9 Å². The van der Waals surface area contributed by atoms with Gasteiger partial charge in [0.25, 0.3) is 0 Å². The summed E-state index contributed by atoms with van der Waals surface area (Å²) >= 11 is 0. The Bertz CT molecular complexity index is 1040. The van der Waals surface area contributed by atoms with Crippen LogP contribution >= 0.6 is 0 Å². The molecular weight excluding hydrogens is 352 g/mol. The number of fused-ring (bicyclic) bond motifs is 1. The molecule has 0 saturated carbocycles. The Hall–Kier alpha value is -2.48. The van der Waals surface area contributed by atoms with Gasteiger partial charge >= 0.3 is 0 Å². The minimum Gasteiger partial charge on any atom is -0.484 e. The van der Waals surface area contributed by atoms with E-state index < -0.39 is 9.84 Å². The number of sulfone groups is 1. The van der Waals surface area contributed by atoms with Crippen molar-refractivity contribution in [1.82, 2.24) is 4.98 Å². The Kier molecular flexibility index (Phi) is 4.36. The van der Waals surface area contributed by atoms with Crippen molar-refractivity contribution in [2.75, 3.05) is 13.2 Å². The van der Waals surface area contributed by atoms with Gasteiger partial charge in [-0.25, -0.2) is 8.42 Å².